The zero-order valence-corrected chi connectivity index (χ0v) is 9.43. The Morgan fingerprint density at radius 2 is 1.93 bits per heavy atom. The highest BCUT2D eigenvalue weighted by molar-refractivity contribution is 7.80. The second kappa shape index (κ2) is 5.31. The van der Waals surface area contributed by atoms with Gasteiger partial charge in [0, 0.05) is 12.7 Å². The maximum absolute atomic E-state index is 8.58. The van der Waals surface area contributed by atoms with Gasteiger partial charge in [-0.2, -0.15) is 0 Å². The highest BCUT2D eigenvalue weighted by Crippen LogP contribution is 2.10. The van der Waals surface area contributed by atoms with Crippen molar-refractivity contribution >= 4 is 28.7 Å². The van der Waals surface area contributed by atoms with Crippen molar-refractivity contribution in [3.05, 3.63) is 29.8 Å². The normalized spacial score (nSPS) is 10.9. The van der Waals surface area contributed by atoms with Crippen LogP contribution < -0.4 is 10.6 Å². The molecule has 4 nitrogen and oxygen atoms in total. The molecular formula is C10H13N3OS. The van der Waals surface area contributed by atoms with Crippen LogP contribution in [-0.2, 0) is 0 Å². The third kappa shape index (κ3) is 3.21. The second-order valence-electron chi connectivity index (χ2n) is 2.97. The number of nitrogens with one attached hydrogen (secondary N) is 2. The van der Waals surface area contributed by atoms with Crippen molar-refractivity contribution in [2.45, 2.75) is 6.92 Å². The molecule has 0 amide bonds. The molecule has 0 atom stereocenters. The van der Waals surface area contributed by atoms with Crippen LogP contribution in [0.2, 0.25) is 0 Å². The molecule has 0 radical (unpaired) electrons. The number of thiocarbonyl (C=S) groups is 1. The van der Waals surface area contributed by atoms with Crippen LogP contribution in [0.5, 0.6) is 0 Å². The Balaban J connectivity index is 2.77. The van der Waals surface area contributed by atoms with E-state index < -0.39 is 0 Å². The maximum Gasteiger partial charge on any atom is 0.170 e. The summed E-state index contributed by atoms with van der Waals surface area (Å²) in [5.74, 6) is 0. The molecule has 1 rings (SSSR count). The van der Waals surface area contributed by atoms with E-state index in [-0.39, 0.29) is 0 Å². The van der Waals surface area contributed by atoms with Crippen LogP contribution >= 0.6 is 12.2 Å². The first-order valence-electron chi connectivity index (χ1n) is 4.45. The van der Waals surface area contributed by atoms with Gasteiger partial charge < -0.3 is 15.8 Å². The van der Waals surface area contributed by atoms with Crippen molar-refractivity contribution in [1.29, 1.82) is 0 Å². The lowest BCUT2D eigenvalue weighted by Crippen LogP contribution is -2.24. The van der Waals surface area contributed by atoms with Gasteiger partial charge in [0.1, 0.15) is 0 Å². The summed E-state index contributed by atoms with van der Waals surface area (Å²) < 4.78 is 0. The summed E-state index contributed by atoms with van der Waals surface area (Å²) in [5.41, 5.74) is 2.35. The predicted molar refractivity (Wildman–Crippen MR) is 65.7 cm³/mol. The molecule has 0 aromatic heterocycles. The van der Waals surface area contributed by atoms with Crippen LogP contribution in [0.15, 0.2) is 29.4 Å². The molecule has 0 aliphatic heterocycles. The Labute approximate surface area is 94.0 Å². The standard InChI is InChI=1S/C10H13N3OS/c1-7(13-14)8-3-5-9(6-4-8)12-10(15)11-2/h3-6,14H,1-2H3,(H2,11,12,15)/b13-7+. The zero-order chi connectivity index (χ0) is 11.3. The summed E-state index contributed by atoms with van der Waals surface area (Å²) in [6, 6.07) is 7.45. The average molecular weight is 223 g/mol. The fourth-order valence-corrected chi connectivity index (χ4v) is 1.16. The lowest BCUT2D eigenvalue weighted by molar-refractivity contribution is 0.319. The molecule has 0 saturated heterocycles. The third-order valence-corrected chi connectivity index (χ3v) is 2.24. The Morgan fingerprint density at radius 3 is 2.40 bits per heavy atom. The molecule has 15 heavy (non-hydrogen) atoms. The number of hydrogen-bond donors (Lipinski definition) is 3. The Bertz CT molecular complexity index is 373. The second-order valence-corrected chi connectivity index (χ2v) is 3.38. The monoisotopic (exact) mass is 223 g/mol. The lowest BCUT2D eigenvalue weighted by atomic mass is 10.1. The Kier molecular flexibility index (Phi) is 4.05. The van der Waals surface area contributed by atoms with Gasteiger partial charge in [-0.15, -0.1) is 0 Å². The van der Waals surface area contributed by atoms with Crippen LogP contribution in [0.4, 0.5) is 5.69 Å². The zero-order valence-electron chi connectivity index (χ0n) is 8.61. The smallest absolute Gasteiger partial charge is 0.170 e. The molecule has 0 unspecified atom stereocenters. The van der Waals surface area contributed by atoms with Gasteiger partial charge in [0.25, 0.3) is 0 Å². The van der Waals surface area contributed by atoms with Gasteiger partial charge in [0.2, 0.25) is 0 Å². The van der Waals surface area contributed by atoms with Crippen molar-refractivity contribution in [2.75, 3.05) is 12.4 Å². The van der Waals surface area contributed by atoms with Gasteiger partial charge in [0.05, 0.1) is 5.71 Å². The number of anilines is 1. The Hall–Kier alpha value is -1.62. The van der Waals surface area contributed by atoms with E-state index in [0.29, 0.717) is 10.8 Å². The SMILES string of the molecule is CNC(=S)Nc1ccc(/C(C)=N/O)cc1. The van der Waals surface area contributed by atoms with Crippen LogP contribution in [0.1, 0.15) is 12.5 Å². The van der Waals surface area contributed by atoms with Gasteiger partial charge in [-0.05, 0) is 36.8 Å². The van der Waals surface area contributed by atoms with Crippen molar-refractivity contribution in [1.82, 2.24) is 5.32 Å². The van der Waals surface area contributed by atoms with Crippen LogP contribution in [0.3, 0.4) is 0 Å². The highest BCUT2D eigenvalue weighted by Gasteiger charge is 1.98. The molecule has 0 aliphatic rings. The number of hydrogen-bond acceptors (Lipinski definition) is 3. The van der Waals surface area contributed by atoms with E-state index >= 15 is 0 Å². The first-order chi connectivity index (χ1) is 7.17. The van der Waals surface area contributed by atoms with E-state index in [1.165, 1.54) is 0 Å². The number of oxime groups is 1. The van der Waals surface area contributed by atoms with Crippen molar-refractivity contribution in [3.63, 3.8) is 0 Å². The molecule has 5 heteroatoms. The summed E-state index contributed by atoms with van der Waals surface area (Å²) in [5, 5.41) is 18.1. The minimum absolute atomic E-state index is 0.565. The Morgan fingerprint density at radius 1 is 1.33 bits per heavy atom. The topological polar surface area (TPSA) is 56.7 Å². The molecule has 1 aromatic rings. The minimum atomic E-state index is 0.565. The summed E-state index contributed by atoms with van der Waals surface area (Å²) in [6.45, 7) is 1.74. The fourth-order valence-electron chi connectivity index (χ4n) is 1.05. The van der Waals surface area contributed by atoms with Gasteiger partial charge in [-0.25, -0.2) is 0 Å². The number of rotatable bonds is 2. The highest BCUT2D eigenvalue weighted by atomic mass is 32.1. The summed E-state index contributed by atoms with van der Waals surface area (Å²) in [4.78, 5) is 0. The predicted octanol–water partition coefficient (Wildman–Crippen LogP) is 1.80. The van der Waals surface area contributed by atoms with E-state index in [0.717, 1.165) is 11.3 Å². The fraction of sp³-hybridized carbons (Fsp3) is 0.200. The lowest BCUT2D eigenvalue weighted by Gasteiger charge is -2.07. The molecular weight excluding hydrogens is 210 g/mol. The van der Waals surface area contributed by atoms with E-state index in [2.05, 4.69) is 15.8 Å². The average Bonchev–Trinajstić information content (AvgIpc) is 2.29. The first kappa shape index (κ1) is 11.5. The largest absolute Gasteiger partial charge is 0.411 e. The molecule has 0 fully saturated rings. The van der Waals surface area contributed by atoms with Crippen LogP contribution in [0, 0.1) is 0 Å². The quantitative estimate of drug-likeness (QED) is 0.310. The summed E-state index contributed by atoms with van der Waals surface area (Å²) in [7, 11) is 1.76. The molecule has 0 spiro atoms. The molecule has 0 heterocycles. The van der Waals surface area contributed by atoms with Crippen molar-refractivity contribution in [2.24, 2.45) is 5.16 Å². The van der Waals surface area contributed by atoms with Gasteiger partial charge in [-0.1, -0.05) is 17.3 Å². The molecule has 1 aromatic carbocycles. The van der Waals surface area contributed by atoms with E-state index in [4.69, 9.17) is 17.4 Å². The molecule has 0 aliphatic carbocycles. The van der Waals surface area contributed by atoms with Crippen LogP contribution in [-0.4, -0.2) is 23.1 Å². The van der Waals surface area contributed by atoms with Crippen molar-refractivity contribution < 1.29 is 5.21 Å². The maximum atomic E-state index is 8.58. The van der Waals surface area contributed by atoms with E-state index in [1.54, 1.807) is 14.0 Å². The molecule has 0 bridgehead atoms. The molecule has 80 valence electrons. The minimum Gasteiger partial charge on any atom is -0.411 e. The third-order valence-electron chi connectivity index (χ3n) is 1.94. The van der Waals surface area contributed by atoms with Gasteiger partial charge in [0.15, 0.2) is 5.11 Å². The number of nitrogens with zero attached hydrogens (tertiary/aromatic N) is 1. The van der Waals surface area contributed by atoms with E-state index in [1.807, 2.05) is 24.3 Å². The number of benzene rings is 1. The molecule has 3 N–H and O–H groups in total. The first-order valence-corrected chi connectivity index (χ1v) is 4.86. The van der Waals surface area contributed by atoms with Crippen molar-refractivity contribution in [3.8, 4) is 0 Å². The van der Waals surface area contributed by atoms with Crippen LogP contribution in [0.25, 0.3) is 0 Å². The van der Waals surface area contributed by atoms with Gasteiger partial charge >= 0.3 is 0 Å². The molecule has 0 saturated carbocycles. The summed E-state index contributed by atoms with van der Waals surface area (Å²) >= 11 is 4.96. The van der Waals surface area contributed by atoms with Gasteiger partial charge in [-0.3, -0.25) is 0 Å². The van der Waals surface area contributed by atoms with E-state index in [9.17, 15) is 0 Å². The summed E-state index contributed by atoms with van der Waals surface area (Å²) in [6.07, 6.45) is 0.